The van der Waals surface area contributed by atoms with Crippen molar-refractivity contribution in [3.63, 3.8) is 0 Å². The van der Waals surface area contributed by atoms with Crippen LogP contribution in [0.5, 0.6) is 0 Å². The van der Waals surface area contributed by atoms with Crippen molar-refractivity contribution in [3.05, 3.63) is 64.3 Å². The first-order chi connectivity index (χ1) is 15.9. The highest BCUT2D eigenvalue weighted by atomic mass is 19.1. The van der Waals surface area contributed by atoms with Crippen LogP contribution in [-0.4, -0.2) is 57.6 Å². The number of piperidine rings is 1. The summed E-state index contributed by atoms with van der Waals surface area (Å²) in [5, 5.41) is 0.333. The van der Waals surface area contributed by atoms with Crippen LogP contribution >= 0.6 is 0 Å². The molecule has 4 aromatic rings. The van der Waals surface area contributed by atoms with Gasteiger partial charge in [0.15, 0.2) is 17.1 Å². The Morgan fingerprint density at radius 2 is 1.94 bits per heavy atom. The van der Waals surface area contributed by atoms with Gasteiger partial charge in [0.1, 0.15) is 5.82 Å². The number of rotatable bonds is 5. The number of likely N-dealkylation sites (tertiary alicyclic amines) is 1. The third kappa shape index (κ3) is 4.02. The molecule has 0 amide bonds. The predicted octanol–water partition coefficient (Wildman–Crippen LogP) is 3.59. The molecule has 0 spiro atoms. The first-order valence-corrected chi connectivity index (χ1v) is 11.0. The number of H-pyrrole nitrogens is 1. The molecule has 0 bridgehead atoms. The average Bonchev–Trinajstić information content (AvgIpc) is 3.19. The van der Waals surface area contributed by atoms with E-state index in [4.69, 9.17) is 4.74 Å². The fourth-order valence-electron chi connectivity index (χ4n) is 4.46. The second kappa shape index (κ2) is 8.31. The summed E-state index contributed by atoms with van der Waals surface area (Å²) < 4.78 is 36.9. The number of benzene rings is 1. The van der Waals surface area contributed by atoms with Gasteiger partial charge in [0.25, 0.3) is 5.56 Å². The molecule has 0 radical (unpaired) electrons. The molecule has 0 unspecified atom stereocenters. The summed E-state index contributed by atoms with van der Waals surface area (Å²) >= 11 is 0. The van der Waals surface area contributed by atoms with Gasteiger partial charge in [0.05, 0.1) is 23.2 Å². The molecule has 1 aliphatic rings. The van der Waals surface area contributed by atoms with Gasteiger partial charge in [-0.25, -0.2) is 18.7 Å². The maximum atomic E-state index is 15.7. The fourth-order valence-corrected chi connectivity index (χ4v) is 4.46. The summed E-state index contributed by atoms with van der Waals surface area (Å²) in [7, 11) is 1.64. The Bertz CT molecular complexity index is 1390. The number of nitrogens with one attached hydrogen (secondary N) is 1. The molecule has 1 fully saturated rings. The monoisotopic (exact) mass is 453 g/mol. The number of pyridine rings is 1. The van der Waals surface area contributed by atoms with Crippen LogP contribution < -0.4 is 5.56 Å². The second-order valence-electron chi connectivity index (χ2n) is 8.64. The Morgan fingerprint density at radius 3 is 2.70 bits per heavy atom. The van der Waals surface area contributed by atoms with E-state index in [9.17, 15) is 9.18 Å². The van der Waals surface area contributed by atoms with Gasteiger partial charge in [-0.15, -0.1) is 0 Å². The lowest BCUT2D eigenvalue weighted by atomic mass is 9.92. The maximum absolute atomic E-state index is 15.7. The molecule has 1 aliphatic heterocycles. The van der Waals surface area contributed by atoms with Crippen molar-refractivity contribution < 1.29 is 13.5 Å². The minimum atomic E-state index is -1.68. The van der Waals surface area contributed by atoms with E-state index in [2.05, 4.69) is 19.9 Å². The number of hydrogen-bond acceptors (Lipinski definition) is 5. The van der Waals surface area contributed by atoms with Crippen LogP contribution in [0, 0.1) is 12.7 Å². The van der Waals surface area contributed by atoms with Crippen LogP contribution in [-0.2, 0) is 10.4 Å². The third-order valence-electron chi connectivity index (χ3n) is 6.35. The van der Waals surface area contributed by atoms with Crippen LogP contribution in [0.25, 0.3) is 27.7 Å². The van der Waals surface area contributed by atoms with Crippen LogP contribution in [0.1, 0.15) is 24.4 Å². The molecular weight excluding hydrogens is 428 g/mol. The number of halogens is 2. The molecule has 1 aromatic carbocycles. The van der Waals surface area contributed by atoms with Crippen LogP contribution in [0.4, 0.5) is 8.78 Å². The van der Waals surface area contributed by atoms with Gasteiger partial charge in [-0.3, -0.25) is 4.79 Å². The maximum Gasteiger partial charge on any atom is 0.258 e. The lowest BCUT2D eigenvalue weighted by Gasteiger charge is -2.35. The van der Waals surface area contributed by atoms with Crippen molar-refractivity contribution in [1.82, 2.24) is 24.3 Å². The van der Waals surface area contributed by atoms with Gasteiger partial charge in [-0.1, -0.05) is 6.07 Å². The van der Waals surface area contributed by atoms with Crippen molar-refractivity contribution >= 4 is 16.6 Å². The van der Waals surface area contributed by atoms with Gasteiger partial charge < -0.3 is 19.0 Å². The highest BCUT2D eigenvalue weighted by Crippen LogP contribution is 2.35. The Hall–Kier alpha value is -3.17. The topological polar surface area (TPSA) is 75.5 Å². The predicted molar refractivity (Wildman–Crippen MR) is 122 cm³/mol. The van der Waals surface area contributed by atoms with E-state index in [0.717, 1.165) is 6.54 Å². The summed E-state index contributed by atoms with van der Waals surface area (Å²) in [5.41, 5.74) is 0.560. The number of alkyl halides is 1. The lowest BCUT2D eigenvalue weighted by molar-refractivity contribution is 0.0372. The first-order valence-electron chi connectivity index (χ1n) is 11.0. The van der Waals surface area contributed by atoms with E-state index < -0.39 is 17.0 Å². The highest BCUT2D eigenvalue weighted by molar-refractivity contribution is 5.84. The summed E-state index contributed by atoms with van der Waals surface area (Å²) in [6, 6.07) is 6.50. The standard InChI is InChI=1S/C24H25F2N5O2/c1-15-13-31-14-17(12-19(25)21(31)27-15)16-3-4-20-18(11-16)22(32)29-23(28-20)24(26)5-7-30(8-6-24)9-10-33-2/h3-4,11-14H,5-10H2,1-2H3,(H,28,29,32). The Kier molecular flexibility index (Phi) is 5.46. The summed E-state index contributed by atoms with van der Waals surface area (Å²) in [6.45, 7) is 4.29. The highest BCUT2D eigenvalue weighted by Gasteiger charge is 2.38. The fraction of sp³-hybridized carbons (Fsp3) is 0.375. The van der Waals surface area contributed by atoms with Gasteiger partial charge in [-0.2, -0.15) is 0 Å². The van der Waals surface area contributed by atoms with Crippen molar-refractivity contribution in [3.8, 4) is 11.1 Å². The van der Waals surface area contributed by atoms with E-state index in [1.54, 1.807) is 49.0 Å². The summed E-state index contributed by atoms with van der Waals surface area (Å²) in [6.07, 6.45) is 4.02. The van der Waals surface area contributed by atoms with E-state index >= 15 is 4.39 Å². The van der Waals surface area contributed by atoms with E-state index in [0.29, 0.717) is 47.4 Å². The minimum absolute atomic E-state index is 0.0699. The molecule has 172 valence electrons. The number of ether oxygens (including phenoxy) is 1. The molecule has 7 nitrogen and oxygen atoms in total. The zero-order chi connectivity index (χ0) is 23.2. The van der Waals surface area contributed by atoms with E-state index in [1.807, 2.05) is 0 Å². The Morgan fingerprint density at radius 1 is 1.15 bits per heavy atom. The molecule has 33 heavy (non-hydrogen) atoms. The summed E-state index contributed by atoms with van der Waals surface area (Å²) in [5.74, 6) is -0.375. The van der Waals surface area contributed by atoms with Crippen molar-refractivity contribution in [2.24, 2.45) is 0 Å². The SMILES string of the molecule is COCCN1CCC(F)(c2nc3ccc(-c4cc(F)c5nc(C)cn5c4)cc3c(=O)[nH]2)CC1. The molecule has 1 N–H and O–H groups in total. The molecule has 0 aliphatic carbocycles. The largest absolute Gasteiger partial charge is 0.383 e. The zero-order valence-electron chi connectivity index (χ0n) is 18.6. The second-order valence-corrected chi connectivity index (χ2v) is 8.64. The van der Waals surface area contributed by atoms with E-state index in [-0.39, 0.29) is 24.3 Å². The number of aryl methyl sites for hydroxylation is 1. The van der Waals surface area contributed by atoms with Gasteiger partial charge in [0, 0.05) is 57.5 Å². The number of fused-ring (bicyclic) bond motifs is 2. The Balaban J connectivity index is 1.47. The van der Waals surface area contributed by atoms with Crippen molar-refractivity contribution in [2.75, 3.05) is 33.4 Å². The third-order valence-corrected chi connectivity index (χ3v) is 6.35. The van der Waals surface area contributed by atoms with Crippen LogP contribution in [0.15, 0.2) is 41.5 Å². The number of methoxy groups -OCH3 is 1. The Labute approximate surface area is 189 Å². The molecule has 9 heteroatoms. The first kappa shape index (κ1) is 21.7. The van der Waals surface area contributed by atoms with Gasteiger partial charge in [0.2, 0.25) is 0 Å². The van der Waals surface area contributed by atoms with Crippen LogP contribution in [0.3, 0.4) is 0 Å². The number of nitrogens with zero attached hydrogens (tertiary/aromatic N) is 4. The zero-order valence-corrected chi connectivity index (χ0v) is 18.6. The quantitative estimate of drug-likeness (QED) is 0.500. The van der Waals surface area contributed by atoms with Crippen LogP contribution in [0.2, 0.25) is 0 Å². The normalized spacial score (nSPS) is 16.6. The molecule has 0 atom stereocenters. The average molecular weight is 453 g/mol. The molecule has 4 heterocycles. The molecule has 3 aromatic heterocycles. The minimum Gasteiger partial charge on any atom is -0.383 e. The van der Waals surface area contributed by atoms with Crippen molar-refractivity contribution in [1.29, 1.82) is 0 Å². The van der Waals surface area contributed by atoms with Crippen molar-refractivity contribution in [2.45, 2.75) is 25.4 Å². The number of imidazole rings is 1. The lowest BCUT2D eigenvalue weighted by Crippen LogP contribution is -2.42. The number of aromatic amines is 1. The smallest absolute Gasteiger partial charge is 0.258 e. The molecule has 1 saturated heterocycles. The van der Waals surface area contributed by atoms with Gasteiger partial charge in [-0.05, 0) is 30.7 Å². The summed E-state index contributed by atoms with van der Waals surface area (Å²) in [4.78, 5) is 26.3. The number of hydrogen-bond donors (Lipinski definition) is 1. The molecular formula is C24H25F2N5O2. The number of aromatic nitrogens is 4. The molecule has 5 rings (SSSR count). The van der Waals surface area contributed by atoms with E-state index in [1.165, 1.54) is 6.07 Å². The molecule has 0 saturated carbocycles. The van der Waals surface area contributed by atoms with Gasteiger partial charge >= 0.3 is 0 Å².